The van der Waals surface area contributed by atoms with E-state index >= 15 is 0 Å². The summed E-state index contributed by atoms with van der Waals surface area (Å²) in [6, 6.07) is 12.2. The van der Waals surface area contributed by atoms with E-state index in [4.69, 9.17) is 0 Å². The maximum Gasteiger partial charge on any atom is 0.225 e. The van der Waals surface area contributed by atoms with Crippen molar-refractivity contribution in [3.63, 3.8) is 0 Å². The second-order valence-corrected chi connectivity index (χ2v) is 5.50. The van der Waals surface area contributed by atoms with E-state index in [1.807, 2.05) is 57.2 Å². The highest BCUT2D eigenvalue weighted by Gasteiger charge is 2.30. The van der Waals surface area contributed by atoms with Crippen LogP contribution in [0.15, 0.2) is 36.4 Å². The normalized spacial score (nSPS) is 17.1. The molecule has 2 rings (SSSR count). The molecule has 0 aromatic heterocycles. The lowest BCUT2D eigenvalue weighted by Gasteiger charge is -2.16. The average molecular weight is 290 g/mol. The Hall–Kier alpha value is -1.84. The molecular weight excluding hydrogens is 264 g/mol. The Morgan fingerprint density at radius 3 is 2.10 bits per heavy atom. The number of hydrogen-bond acceptors (Lipinski definition) is 2. The van der Waals surface area contributed by atoms with Crippen molar-refractivity contribution in [2.45, 2.75) is 39.7 Å². The first-order valence-corrected chi connectivity index (χ1v) is 7.62. The first-order valence-electron chi connectivity index (χ1n) is 7.62. The quantitative estimate of drug-likeness (QED) is 0.929. The third-order valence-corrected chi connectivity index (χ3v) is 3.31. The predicted octanol–water partition coefficient (Wildman–Crippen LogP) is 2.46. The molecule has 1 aromatic carbocycles. The van der Waals surface area contributed by atoms with Gasteiger partial charge in [0.05, 0.1) is 5.92 Å². The second kappa shape index (κ2) is 9.16. The number of benzene rings is 1. The van der Waals surface area contributed by atoms with Crippen LogP contribution in [-0.4, -0.2) is 35.8 Å². The minimum absolute atomic E-state index is 0.0112. The van der Waals surface area contributed by atoms with E-state index in [0.717, 1.165) is 13.0 Å². The molecule has 1 aliphatic rings. The molecule has 0 aliphatic carbocycles. The van der Waals surface area contributed by atoms with Crippen molar-refractivity contribution in [1.82, 2.24) is 10.2 Å². The molecule has 21 heavy (non-hydrogen) atoms. The van der Waals surface area contributed by atoms with Gasteiger partial charge in [0.2, 0.25) is 11.8 Å². The maximum absolute atomic E-state index is 11.7. The zero-order valence-electron chi connectivity index (χ0n) is 13.2. The number of nitrogens with zero attached hydrogens (tertiary/aromatic N) is 1. The highest BCUT2D eigenvalue weighted by atomic mass is 16.2. The second-order valence-electron chi connectivity index (χ2n) is 5.50. The van der Waals surface area contributed by atoms with Gasteiger partial charge in [-0.05, 0) is 20.3 Å². The van der Waals surface area contributed by atoms with Crippen molar-refractivity contribution in [2.75, 3.05) is 13.1 Å². The Kier molecular flexibility index (Phi) is 7.51. The molecule has 4 heteroatoms. The molecule has 1 unspecified atom stereocenters. The number of hydrogen-bond donors (Lipinski definition) is 1. The summed E-state index contributed by atoms with van der Waals surface area (Å²) in [6.07, 6.45) is 1.32. The van der Waals surface area contributed by atoms with Crippen LogP contribution < -0.4 is 5.32 Å². The van der Waals surface area contributed by atoms with E-state index in [1.54, 1.807) is 4.90 Å². The van der Waals surface area contributed by atoms with Gasteiger partial charge < -0.3 is 10.2 Å². The smallest absolute Gasteiger partial charge is 0.225 e. The van der Waals surface area contributed by atoms with Crippen LogP contribution in [0.1, 0.15) is 33.6 Å². The number of nitrogens with one attached hydrogen (secondary N) is 1. The molecule has 2 amide bonds. The van der Waals surface area contributed by atoms with Crippen LogP contribution in [0.2, 0.25) is 0 Å². The molecule has 1 aliphatic heterocycles. The fourth-order valence-corrected chi connectivity index (χ4v) is 2.21. The largest absolute Gasteiger partial charge is 0.354 e. The monoisotopic (exact) mass is 290 g/mol. The molecule has 1 saturated heterocycles. The summed E-state index contributed by atoms with van der Waals surface area (Å²) in [5.74, 6) is 0.217. The Balaban J connectivity index is 0.000000304. The van der Waals surface area contributed by atoms with Crippen LogP contribution in [0.5, 0.6) is 0 Å². The molecule has 1 N–H and O–H groups in total. The summed E-state index contributed by atoms with van der Waals surface area (Å²) < 4.78 is 0. The Morgan fingerprint density at radius 1 is 1.14 bits per heavy atom. The summed E-state index contributed by atoms with van der Waals surface area (Å²) in [4.78, 5) is 24.8. The number of rotatable bonds is 3. The lowest BCUT2D eigenvalue weighted by Crippen LogP contribution is -2.37. The van der Waals surface area contributed by atoms with Crippen LogP contribution in [0.25, 0.3) is 0 Å². The SMILES string of the molecule is CCC(=O)N1CCC(C(=O)NC(C)C)C1.c1ccccc1. The van der Waals surface area contributed by atoms with E-state index in [1.165, 1.54) is 0 Å². The van der Waals surface area contributed by atoms with Gasteiger partial charge >= 0.3 is 0 Å². The minimum atomic E-state index is -0.0112. The Morgan fingerprint density at radius 2 is 1.67 bits per heavy atom. The third kappa shape index (κ3) is 6.43. The standard InChI is InChI=1S/C11H20N2O2.C6H6/c1-4-10(14)13-6-5-9(7-13)11(15)12-8(2)3;1-2-4-6-5-3-1/h8-9H,4-7H2,1-3H3,(H,12,15);1-6H. The molecule has 0 saturated carbocycles. The van der Waals surface area contributed by atoms with E-state index in [-0.39, 0.29) is 23.8 Å². The lowest BCUT2D eigenvalue weighted by molar-refractivity contribution is -0.130. The van der Waals surface area contributed by atoms with E-state index in [9.17, 15) is 9.59 Å². The van der Waals surface area contributed by atoms with E-state index in [0.29, 0.717) is 13.0 Å². The van der Waals surface area contributed by atoms with Crippen LogP contribution in [0.3, 0.4) is 0 Å². The number of carbonyl (C=O) groups excluding carboxylic acids is 2. The predicted molar refractivity (Wildman–Crippen MR) is 84.7 cm³/mol. The molecule has 1 heterocycles. The van der Waals surface area contributed by atoms with Crippen LogP contribution >= 0.6 is 0 Å². The summed E-state index contributed by atoms with van der Waals surface area (Å²) >= 11 is 0. The Bertz CT molecular complexity index is 405. The molecule has 0 radical (unpaired) electrons. The number of likely N-dealkylation sites (tertiary alicyclic amines) is 1. The number of amides is 2. The molecule has 1 fully saturated rings. The molecule has 0 bridgehead atoms. The first-order chi connectivity index (χ1) is 10.0. The van der Waals surface area contributed by atoms with Crippen molar-refractivity contribution in [2.24, 2.45) is 5.92 Å². The zero-order valence-corrected chi connectivity index (χ0v) is 13.2. The molecular formula is C17H26N2O2. The van der Waals surface area contributed by atoms with Gasteiger partial charge in [0.1, 0.15) is 0 Å². The molecule has 1 aromatic rings. The first kappa shape index (κ1) is 17.2. The van der Waals surface area contributed by atoms with Gasteiger partial charge in [-0.25, -0.2) is 0 Å². The fraction of sp³-hybridized carbons (Fsp3) is 0.529. The van der Waals surface area contributed by atoms with Gasteiger partial charge in [-0.2, -0.15) is 0 Å². The summed E-state index contributed by atoms with van der Waals surface area (Å²) in [5, 5.41) is 2.89. The van der Waals surface area contributed by atoms with Crippen molar-refractivity contribution < 1.29 is 9.59 Å². The summed E-state index contributed by atoms with van der Waals surface area (Å²) in [7, 11) is 0. The molecule has 0 spiro atoms. The van der Waals surface area contributed by atoms with Gasteiger partial charge in [0, 0.05) is 25.6 Å². The zero-order chi connectivity index (χ0) is 15.7. The van der Waals surface area contributed by atoms with E-state index in [2.05, 4.69) is 5.32 Å². The molecule has 4 nitrogen and oxygen atoms in total. The highest BCUT2D eigenvalue weighted by molar-refractivity contribution is 5.82. The van der Waals surface area contributed by atoms with Gasteiger partial charge in [-0.1, -0.05) is 43.3 Å². The molecule has 116 valence electrons. The van der Waals surface area contributed by atoms with Gasteiger partial charge in [0.25, 0.3) is 0 Å². The minimum Gasteiger partial charge on any atom is -0.354 e. The summed E-state index contributed by atoms with van der Waals surface area (Å²) in [5.41, 5.74) is 0. The van der Waals surface area contributed by atoms with Crippen molar-refractivity contribution >= 4 is 11.8 Å². The van der Waals surface area contributed by atoms with Crippen molar-refractivity contribution in [3.8, 4) is 0 Å². The number of carbonyl (C=O) groups is 2. The van der Waals surface area contributed by atoms with E-state index < -0.39 is 0 Å². The fourth-order valence-electron chi connectivity index (χ4n) is 2.21. The van der Waals surface area contributed by atoms with Crippen molar-refractivity contribution in [1.29, 1.82) is 0 Å². The lowest BCUT2D eigenvalue weighted by atomic mass is 10.1. The van der Waals surface area contributed by atoms with Crippen LogP contribution in [0.4, 0.5) is 0 Å². The van der Waals surface area contributed by atoms with Gasteiger partial charge in [-0.3, -0.25) is 9.59 Å². The van der Waals surface area contributed by atoms with Crippen LogP contribution in [0, 0.1) is 5.92 Å². The average Bonchev–Trinajstić information content (AvgIpc) is 2.98. The van der Waals surface area contributed by atoms with Crippen molar-refractivity contribution in [3.05, 3.63) is 36.4 Å². The summed E-state index contributed by atoms with van der Waals surface area (Å²) in [6.45, 7) is 7.06. The topological polar surface area (TPSA) is 49.4 Å². The van der Waals surface area contributed by atoms with Crippen LogP contribution in [-0.2, 0) is 9.59 Å². The third-order valence-electron chi connectivity index (χ3n) is 3.31. The Labute approximate surface area is 127 Å². The maximum atomic E-state index is 11.7. The van der Waals surface area contributed by atoms with Gasteiger partial charge in [-0.15, -0.1) is 0 Å². The highest BCUT2D eigenvalue weighted by Crippen LogP contribution is 2.17. The van der Waals surface area contributed by atoms with Gasteiger partial charge in [0.15, 0.2) is 0 Å². The molecule has 1 atom stereocenters.